The van der Waals surface area contributed by atoms with Gasteiger partial charge < -0.3 is 14.4 Å². The van der Waals surface area contributed by atoms with Crippen LogP contribution in [0, 0.1) is 5.92 Å². The van der Waals surface area contributed by atoms with Crippen molar-refractivity contribution in [3.05, 3.63) is 53.6 Å². The van der Waals surface area contributed by atoms with E-state index in [0.29, 0.717) is 12.3 Å². The number of amides is 1. The molecule has 4 nitrogen and oxygen atoms in total. The highest BCUT2D eigenvalue weighted by atomic mass is 16.5. The minimum Gasteiger partial charge on any atom is -0.497 e. The molecular weight excluding hydrogens is 302 g/mol. The third-order valence-corrected chi connectivity index (χ3v) is 4.43. The van der Waals surface area contributed by atoms with E-state index >= 15 is 0 Å². The van der Waals surface area contributed by atoms with Gasteiger partial charge in [0.1, 0.15) is 11.5 Å². The van der Waals surface area contributed by atoms with Crippen molar-refractivity contribution in [2.45, 2.75) is 19.8 Å². The monoisotopic (exact) mass is 325 g/mol. The van der Waals surface area contributed by atoms with E-state index in [0.717, 1.165) is 35.7 Å². The fourth-order valence-corrected chi connectivity index (χ4v) is 3.25. The second-order valence-electron chi connectivity index (χ2n) is 6.34. The van der Waals surface area contributed by atoms with Crippen molar-refractivity contribution in [2.75, 3.05) is 25.7 Å². The topological polar surface area (TPSA) is 38.8 Å². The van der Waals surface area contributed by atoms with Crippen LogP contribution in [0.4, 0.5) is 5.69 Å². The molecule has 2 aromatic carbocycles. The molecule has 1 unspecified atom stereocenters. The van der Waals surface area contributed by atoms with Crippen molar-refractivity contribution >= 4 is 11.6 Å². The summed E-state index contributed by atoms with van der Waals surface area (Å²) < 4.78 is 10.6. The molecule has 0 radical (unpaired) electrons. The lowest BCUT2D eigenvalue weighted by Crippen LogP contribution is -2.40. The Balaban J connectivity index is 1.85. The van der Waals surface area contributed by atoms with E-state index in [1.54, 1.807) is 14.2 Å². The molecule has 1 aliphatic rings. The molecule has 1 aliphatic heterocycles. The first kappa shape index (κ1) is 16.4. The molecule has 4 heteroatoms. The van der Waals surface area contributed by atoms with Gasteiger partial charge in [0.15, 0.2) is 0 Å². The highest BCUT2D eigenvalue weighted by Crippen LogP contribution is 2.33. The van der Waals surface area contributed by atoms with Crippen molar-refractivity contribution in [3.63, 3.8) is 0 Å². The fraction of sp³-hybridized carbons (Fsp3) is 0.350. The largest absolute Gasteiger partial charge is 0.497 e. The number of rotatable bonds is 4. The maximum atomic E-state index is 12.9. The van der Waals surface area contributed by atoms with Gasteiger partial charge in [0, 0.05) is 12.2 Å². The standard InChI is InChI=1S/C20H23NO3/c1-14-9-16-12-18(24-3)7-8-19(16)21(13-14)20(22)11-15-5-4-6-17(10-15)23-2/h4-8,10,12,14H,9,11,13H2,1-3H3. The summed E-state index contributed by atoms with van der Waals surface area (Å²) in [6.45, 7) is 2.93. The number of anilines is 1. The van der Waals surface area contributed by atoms with Gasteiger partial charge in [-0.2, -0.15) is 0 Å². The Labute approximate surface area is 143 Å². The quantitative estimate of drug-likeness (QED) is 0.864. The number of hydrogen-bond acceptors (Lipinski definition) is 3. The summed E-state index contributed by atoms with van der Waals surface area (Å²) in [6, 6.07) is 13.6. The van der Waals surface area contributed by atoms with Crippen molar-refractivity contribution < 1.29 is 14.3 Å². The lowest BCUT2D eigenvalue weighted by Gasteiger charge is -2.33. The first-order valence-corrected chi connectivity index (χ1v) is 8.21. The van der Waals surface area contributed by atoms with E-state index in [4.69, 9.17) is 9.47 Å². The second kappa shape index (κ2) is 6.95. The predicted molar refractivity (Wildman–Crippen MR) is 94.9 cm³/mol. The van der Waals surface area contributed by atoms with Crippen molar-refractivity contribution in [1.82, 2.24) is 0 Å². The van der Waals surface area contributed by atoms with E-state index in [-0.39, 0.29) is 5.91 Å². The highest BCUT2D eigenvalue weighted by Gasteiger charge is 2.26. The zero-order valence-corrected chi connectivity index (χ0v) is 14.4. The highest BCUT2D eigenvalue weighted by molar-refractivity contribution is 5.96. The molecular formula is C20H23NO3. The van der Waals surface area contributed by atoms with E-state index in [1.165, 1.54) is 5.56 Å². The normalized spacial score (nSPS) is 16.5. The molecule has 24 heavy (non-hydrogen) atoms. The first-order chi connectivity index (χ1) is 11.6. The summed E-state index contributed by atoms with van der Waals surface area (Å²) in [5.41, 5.74) is 3.14. The summed E-state index contributed by atoms with van der Waals surface area (Å²) in [7, 11) is 3.30. The Morgan fingerprint density at radius 3 is 2.62 bits per heavy atom. The minimum absolute atomic E-state index is 0.112. The Kier molecular flexibility index (Phi) is 4.74. The fourth-order valence-electron chi connectivity index (χ4n) is 3.25. The van der Waals surface area contributed by atoms with Crippen LogP contribution in [0.2, 0.25) is 0 Å². The lowest BCUT2D eigenvalue weighted by atomic mass is 9.93. The van der Waals surface area contributed by atoms with Crippen LogP contribution in [0.5, 0.6) is 11.5 Å². The lowest BCUT2D eigenvalue weighted by molar-refractivity contribution is -0.118. The number of hydrogen-bond donors (Lipinski definition) is 0. The smallest absolute Gasteiger partial charge is 0.231 e. The number of methoxy groups -OCH3 is 2. The van der Waals surface area contributed by atoms with E-state index < -0.39 is 0 Å². The summed E-state index contributed by atoms with van der Waals surface area (Å²) in [6.07, 6.45) is 1.34. The third-order valence-electron chi connectivity index (χ3n) is 4.43. The molecule has 2 aromatic rings. The zero-order chi connectivity index (χ0) is 17.1. The summed E-state index contributed by atoms with van der Waals surface area (Å²) in [4.78, 5) is 14.8. The van der Waals surface area contributed by atoms with E-state index in [2.05, 4.69) is 6.92 Å². The Morgan fingerprint density at radius 1 is 1.12 bits per heavy atom. The van der Waals surface area contributed by atoms with Crippen LogP contribution in [-0.2, 0) is 17.6 Å². The second-order valence-corrected chi connectivity index (χ2v) is 6.34. The summed E-state index contributed by atoms with van der Waals surface area (Å²) >= 11 is 0. The molecule has 0 bridgehead atoms. The Hall–Kier alpha value is -2.49. The van der Waals surface area contributed by atoms with Gasteiger partial charge in [0.25, 0.3) is 0 Å². The zero-order valence-electron chi connectivity index (χ0n) is 14.4. The molecule has 0 aromatic heterocycles. The molecule has 1 atom stereocenters. The molecule has 0 N–H and O–H groups in total. The number of ether oxygens (including phenoxy) is 2. The SMILES string of the molecule is COc1cccc(CC(=O)N2CC(C)Cc3cc(OC)ccc32)c1. The molecule has 0 fully saturated rings. The maximum Gasteiger partial charge on any atom is 0.231 e. The number of fused-ring (bicyclic) bond motifs is 1. The van der Waals surface area contributed by atoms with Gasteiger partial charge in [0.2, 0.25) is 5.91 Å². The molecule has 1 heterocycles. The average molecular weight is 325 g/mol. The van der Waals surface area contributed by atoms with Crippen LogP contribution in [-0.4, -0.2) is 26.7 Å². The summed E-state index contributed by atoms with van der Waals surface area (Å²) in [5, 5.41) is 0. The van der Waals surface area contributed by atoms with E-state index in [1.807, 2.05) is 47.4 Å². The molecule has 0 aliphatic carbocycles. The maximum absolute atomic E-state index is 12.9. The van der Waals surface area contributed by atoms with Crippen LogP contribution in [0.25, 0.3) is 0 Å². The van der Waals surface area contributed by atoms with Gasteiger partial charge in [-0.15, -0.1) is 0 Å². The Bertz CT molecular complexity index is 741. The molecule has 0 saturated heterocycles. The van der Waals surface area contributed by atoms with Gasteiger partial charge in [0.05, 0.1) is 20.6 Å². The molecule has 3 rings (SSSR count). The average Bonchev–Trinajstić information content (AvgIpc) is 2.60. The van der Waals surface area contributed by atoms with Crippen LogP contribution in [0.1, 0.15) is 18.1 Å². The van der Waals surface area contributed by atoms with Gasteiger partial charge in [-0.3, -0.25) is 4.79 Å². The van der Waals surface area contributed by atoms with Crippen molar-refractivity contribution in [3.8, 4) is 11.5 Å². The Morgan fingerprint density at radius 2 is 1.88 bits per heavy atom. The predicted octanol–water partition coefficient (Wildman–Crippen LogP) is 3.47. The van der Waals surface area contributed by atoms with Gasteiger partial charge >= 0.3 is 0 Å². The third kappa shape index (κ3) is 3.37. The van der Waals surface area contributed by atoms with Gasteiger partial charge in [-0.25, -0.2) is 0 Å². The number of carbonyl (C=O) groups excluding carboxylic acids is 1. The van der Waals surface area contributed by atoms with Crippen LogP contribution in [0.3, 0.4) is 0 Å². The van der Waals surface area contributed by atoms with Crippen LogP contribution in [0.15, 0.2) is 42.5 Å². The molecule has 0 spiro atoms. The number of carbonyl (C=O) groups is 1. The van der Waals surface area contributed by atoms with E-state index in [9.17, 15) is 4.79 Å². The molecule has 1 amide bonds. The minimum atomic E-state index is 0.112. The number of nitrogens with zero attached hydrogens (tertiary/aromatic N) is 1. The van der Waals surface area contributed by atoms with Crippen molar-refractivity contribution in [2.24, 2.45) is 5.92 Å². The number of benzene rings is 2. The van der Waals surface area contributed by atoms with Gasteiger partial charge in [-0.1, -0.05) is 19.1 Å². The van der Waals surface area contributed by atoms with Crippen LogP contribution >= 0.6 is 0 Å². The van der Waals surface area contributed by atoms with Crippen LogP contribution < -0.4 is 14.4 Å². The molecule has 126 valence electrons. The summed E-state index contributed by atoms with van der Waals surface area (Å²) in [5.74, 6) is 2.15. The van der Waals surface area contributed by atoms with Gasteiger partial charge in [-0.05, 0) is 53.8 Å². The van der Waals surface area contributed by atoms with Crippen molar-refractivity contribution in [1.29, 1.82) is 0 Å². The molecule has 0 saturated carbocycles. The first-order valence-electron chi connectivity index (χ1n) is 8.21.